The molecule has 3 aromatic carbocycles. The molecule has 0 saturated carbocycles. The van der Waals surface area contributed by atoms with Gasteiger partial charge in [-0.1, -0.05) is 30.3 Å². The first-order chi connectivity index (χ1) is 14.2. The van der Waals surface area contributed by atoms with Crippen molar-refractivity contribution in [1.29, 1.82) is 0 Å². The number of piperidine rings is 1. The smallest absolute Gasteiger partial charge is 0.262 e. The van der Waals surface area contributed by atoms with E-state index in [9.17, 15) is 9.59 Å². The van der Waals surface area contributed by atoms with E-state index in [1.165, 1.54) is 24.9 Å². The van der Waals surface area contributed by atoms with Crippen LogP contribution in [0.5, 0.6) is 5.75 Å². The van der Waals surface area contributed by atoms with Crippen LogP contribution in [0.1, 0.15) is 29.6 Å². The van der Waals surface area contributed by atoms with Gasteiger partial charge in [0.1, 0.15) is 5.75 Å². The van der Waals surface area contributed by atoms with Gasteiger partial charge < -0.3 is 15.0 Å². The number of anilines is 2. The van der Waals surface area contributed by atoms with Gasteiger partial charge in [-0.25, -0.2) is 0 Å². The SMILES string of the molecule is O=Cc1c(OCC(=O)Nc2ccc(N3CCCCC3)cc2)ccc2ccccc12. The van der Waals surface area contributed by atoms with Crippen LogP contribution in [0.25, 0.3) is 10.8 Å². The number of aldehydes is 1. The Morgan fingerprint density at radius 2 is 1.72 bits per heavy atom. The largest absolute Gasteiger partial charge is 0.483 e. The van der Waals surface area contributed by atoms with Crippen LogP contribution < -0.4 is 15.0 Å². The summed E-state index contributed by atoms with van der Waals surface area (Å²) in [5.41, 5.74) is 2.38. The summed E-state index contributed by atoms with van der Waals surface area (Å²) in [6.07, 6.45) is 4.53. The molecular formula is C24H24N2O3. The van der Waals surface area contributed by atoms with Crippen LogP contribution in [-0.4, -0.2) is 31.9 Å². The highest BCUT2D eigenvalue weighted by molar-refractivity contribution is 6.01. The molecule has 148 valence electrons. The fourth-order valence-electron chi connectivity index (χ4n) is 3.77. The Balaban J connectivity index is 1.38. The third-order valence-corrected chi connectivity index (χ3v) is 5.28. The van der Waals surface area contributed by atoms with Gasteiger partial charge in [0.15, 0.2) is 12.9 Å². The Bertz CT molecular complexity index is 1010. The van der Waals surface area contributed by atoms with Crippen molar-refractivity contribution >= 4 is 34.3 Å². The molecule has 5 nitrogen and oxygen atoms in total. The zero-order valence-electron chi connectivity index (χ0n) is 16.3. The zero-order chi connectivity index (χ0) is 20.1. The van der Waals surface area contributed by atoms with E-state index in [0.29, 0.717) is 11.3 Å². The molecule has 1 aliphatic rings. The Labute approximate surface area is 170 Å². The van der Waals surface area contributed by atoms with Gasteiger partial charge in [-0.2, -0.15) is 0 Å². The maximum atomic E-state index is 12.3. The second-order valence-electron chi connectivity index (χ2n) is 7.25. The van der Waals surface area contributed by atoms with Gasteiger partial charge in [-0.3, -0.25) is 9.59 Å². The number of hydrogen-bond donors (Lipinski definition) is 1. The standard InChI is InChI=1S/C24H24N2O3/c27-16-22-21-7-3-2-6-18(21)8-13-23(22)29-17-24(28)25-19-9-11-20(12-10-19)26-14-4-1-5-15-26/h2-3,6-13,16H,1,4-5,14-15,17H2,(H,25,28). The van der Waals surface area contributed by atoms with E-state index in [2.05, 4.69) is 10.2 Å². The van der Waals surface area contributed by atoms with E-state index in [1.807, 2.05) is 54.6 Å². The van der Waals surface area contributed by atoms with Gasteiger partial charge in [0.05, 0.1) is 5.56 Å². The Hall–Kier alpha value is -3.34. The second-order valence-corrected chi connectivity index (χ2v) is 7.25. The number of carbonyl (C=O) groups is 2. The van der Waals surface area contributed by atoms with Crippen molar-refractivity contribution in [1.82, 2.24) is 0 Å². The van der Waals surface area contributed by atoms with Crippen molar-refractivity contribution in [3.05, 3.63) is 66.2 Å². The van der Waals surface area contributed by atoms with E-state index in [4.69, 9.17) is 4.74 Å². The van der Waals surface area contributed by atoms with E-state index in [-0.39, 0.29) is 12.5 Å². The molecule has 0 spiro atoms. The van der Waals surface area contributed by atoms with Gasteiger partial charge in [0, 0.05) is 24.5 Å². The van der Waals surface area contributed by atoms with Crippen LogP contribution in [0.15, 0.2) is 60.7 Å². The summed E-state index contributed by atoms with van der Waals surface area (Å²) in [4.78, 5) is 26.2. The van der Waals surface area contributed by atoms with E-state index in [0.717, 1.165) is 35.8 Å². The third-order valence-electron chi connectivity index (χ3n) is 5.28. The van der Waals surface area contributed by atoms with Gasteiger partial charge in [0.25, 0.3) is 5.91 Å². The molecule has 0 unspecified atom stereocenters. The van der Waals surface area contributed by atoms with E-state index in [1.54, 1.807) is 6.07 Å². The van der Waals surface area contributed by atoms with E-state index < -0.39 is 0 Å². The molecule has 0 radical (unpaired) electrons. The molecule has 29 heavy (non-hydrogen) atoms. The minimum absolute atomic E-state index is 0.160. The molecule has 3 aromatic rings. The number of hydrogen-bond acceptors (Lipinski definition) is 4. The fourth-order valence-corrected chi connectivity index (χ4v) is 3.77. The van der Waals surface area contributed by atoms with Crippen LogP contribution in [0.2, 0.25) is 0 Å². The summed E-state index contributed by atoms with van der Waals surface area (Å²) in [7, 11) is 0. The maximum Gasteiger partial charge on any atom is 0.262 e. The molecule has 0 aromatic heterocycles. The lowest BCUT2D eigenvalue weighted by molar-refractivity contribution is -0.118. The van der Waals surface area contributed by atoms with Crippen molar-refractivity contribution in [3.8, 4) is 5.75 Å². The van der Waals surface area contributed by atoms with Crippen LogP contribution in [0.3, 0.4) is 0 Å². The first-order valence-electron chi connectivity index (χ1n) is 9.99. The van der Waals surface area contributed by atoms with Crippen molar-refractivity contribution in [2.75, 3.05) is 29.9 Å². The predicted molar refractivity (Wildman–Crippen MR) is 116 cm³/mol. The first-order valence-corrected chi connectivity index (χ1v) is 9.99. The molecule has 1 N–H and O–H groups in total. The van der Waals surface area contributed by atoms with Gasteiger partial charge in [-0.15, -0.1) is 0 Å². The predicted octanol–water partition coefficient (Wildman–Crippen LogP) is 4.66. The summed E-state index contributed by atoms with van der Waals surface area (Å²) in [5, 5.41) is 4.62. The highest BCUT2D eigenvalue weighted by Crippen LogP contribution is 2.27. The highest BCUT2D eigenvalue weighted by atomic mass is 16.5. The van der Waals surface area contributed by atoms with Crippen molar-refractivity contribution in [2.24, 2.45) is 0 Å². The maximum absolute atomic E-state index is 12.3. The average molecular weight is 388 g/mol. The number of nitrogens with zero attached hydrogens (tertiary/aromatic N) is 1. The minimum atomic E-state index is -0.263. The Kier molecular flexibility index (Phi) is 5.75. The average Bonchev–Trinajstić information content (AvgIpc) is 2.78. The fraction of sp³-hybridized carbons (Fsp3) is 0.250. The van der Waals surface area contributed by atoms with Crippen LogP contribution in [-0.2, 0) is 4.79 Å². The lowest BCUT2D eigenvalue weighted by Gasteiger charge is -2.28. The molecule has 5 heteroatoms. The quantitative estimate of drug-likeness (QED) is 0.624. The normalized spacial score (nSPS) is 13.9. The number of nitrogens with one attached hydrogen (secondary N) is 1. The Morgan fingerprint density at radius 1 is 0.966 bits per heavy atom. The molecule has 1 fully saturated rings. The van der Waals surface area contributed by atoms with E-state index >= 15 is 0 Å². The number of carbonyl (C=O) groups excluding carboxylic acids is 2. The molecule has 1 amide bonds. The second kappa shape index (κ2) is 8.78. The number of ether oxygens (including phenoxy) is 1. The van der Waals surface area contributed by atoms with Gasteiger partial charge in [0.2, 0.25) is 0 Å². The van der Waals surface area contributed by atoms with Crippen LogP contribution >= 0.6 is 0 Å². The Morgan fingerprint density at radius 3 is 2.48 bits per heavy atom. The van der Waals surface area contributed by atoms with Crippen LogP contribution in [0.4, 0.5) is 11.4 Å². The molecular weight excluding hydrogens is 364 g/mol. The molecule has 4 rings (SSSR count). The molecule has 0 bridgehead atoms. The van der Waals surface area contributed by atoms with Crippen molar-refractivity contribution in [2.45, 2.75) is 19.3 Å². The molecule has 0 aliphatic carbocycles. The van der Waals surface area contributed by atoms with Gasteiger partial charge >= 0.3 is 0 Å². The molecule has 0 atom stereocenters. The number of rotatable bonds is 6. The minimum Gasteiger partial charge on any atom is -0.483 e. The summed E-state index contributed by atoms with van der Waals surface area (Å²) >= 11 is 0. The number of amides is 1. The summed E-state index contributed by atoms with van der Waals surface area (Å²) < 4.78 is 5.64. The third kappa shape index (κ3) is 4.40. The lowest BCUT2D eigenvalue weighted by atomic mass is 10.0. The zero-order valence-corrected chi connectivity index (χ0v) is 16.3. The van der Waals surface area contributed by atoms with Crippen molar-refractivity contribution in [3.63, 3.8) is 0 Å². The first kappa shape index (κ1) is 19.0. The number of fused-ring (bicyclic) bond motifs is 1. The van der Waals surface area contributed by atoms with Crippen molar-refractivity contribution < 1.29 is 14.3 Å². The summed E-state index contributed by atoms with van der Waals surface area (Å²) in [5.74, 6) is 0.148. The summed E-state index contributed by atoms with van der Waals surface area (Å²) in [6.45, 7) is 2.02. The van der Waals surface area contributed by atoms with Gasteiger partial charge in [-0.05, 0) is 60.4 Å². The summed E-state index contributed by atoms with van der Waals surface area (Å²) in [6, 6.07) is 19.1. The topological polar surface area (TPSA) is 58.6 Å². The number of benzene rings is 3. The molecule has 1 saturated heterocycles. The van der Waals surface area contributed by atoms with Crippen LogP contribution in [0, 0.1) is 0 Å². The monoisotopic (exact) mass is 388 g/mol. The lowest BCUT2D eigenvalue weighted by Crippen LogP contribution is -2.29. The molecule has 1 aliphatic heterocycles. The molecule has 1 heterocycles. The highest BCUT2D eigenvalue weighted by Gasteiger charge is 2.12.